The Bertz CT molecular complexity index is 650. The second kappa shape index (κ2) is 10.4. The minimum absolute atomic E-state index is 0.115. The van der Waals surface area contributed by atoms with E-state index in [1.807, 2.05) is 48.5 Å². The van der Waals surface area contributed by atoms with Gasteiger partial charge in [-0.15, -0.1) is 0 Å². The first kappa shape index (κ1) is 20.6. The number of halogens is 1. The van der Waals surface area contributed by atoms with E-state index in [1.165, 1.54) is 0 Å². The highest BCUT2D eigenvalue weighted by atomic mass is 19.1. The number of benzene rings is 2. The standard InChI is InChI=1S/C18H21FN2.C4H10O/c1-21-11-10-16(20)17(21)12-14-8-5-9-15(18(14)19)13-6-3-2-4-7-13;1-3-4-5-2/h2-9,16-17H,10-12,20H2,1H3;3-4H2,1-2H3. The Morgan fingerprint density at radius 1 is 1.15 bits per heavy atom. The van der Waals surface area contributed by atoms with E-state index in [0.717, 1.165) is 37.1 Å². The molecule has 1 aliphatic rings. The minimum atomic E-state index is -0.115. The maximum atomic E-state index is 14.8. The number of hydrogen-bond acceptors (Lipinski definition) is 3. The molecule has 0 spiro atoms. The van der Waals surface area contributed by atoms with Gasteiger partial charge in [-0.3, -0.25) is 0 Å². The van der Waals surface area contributed by atoms with E-state index >= 15 is 0 Å². The smallest absolute Gasteiger partial charge is 0.134 e. The largest absolute Gasteiger partial charge is 0.385 e. The fraction of sp³-hybridized carbons (Fsp3) is 0.455. The van der Waals surface area contributed by atoms with Gasteiger partial charge in [0.1, 0.15) is 5.82 Å². The van der Waals surface area contributed by atoms with Crippen molar-refractivity contribution in [2.75, 3.05) is 27.3 Å². The van der Waals surface area contributed by atoms with Crippen LogP contribution in [0, 0.1) is 5.82 Å². The molecule has 3 nitrogen and oxygen atoms in total. The second-order valence-electron chi connectivity index (χ2n) is 6.84. The number of likely N-dealkylation sites (tertiary alicyclic amines) is 1. The normalized spacial score (nSPS) is 19.9. The molecule has 1 heterocycles. The van der Waals surface area contributed by atoms with Crippen LogP contribution in [0.1, 0.15) is 25.3 Å². The summed E-state index contributed by atoms with van der Waals surface area (Å²) in [5, 5.41) is 0. The van der Waals surface area contributed by atoms with Crippen LogP contribution in [0.3, 0.4) is 0 Å². The van der Waals surface area contributed by atoms with E-state index in [4.69, 9.17) is 10.5 Å². The third-order valence-electron chi connectivity index (χ3n) is 4.88. The Kier molecular flexibility index (Phi) is 8.23. The van der Waals surface area contributed by atoms with E-state index in [9.17, 15) is 4.39 Å². The summed E-state index contributed by atoms with van der Waals surface area (Å²) in [5.41, 5.74) is 8.49. The number of nitrogens with zero attached hydrogens (tertiary/aromatic N) is 1. The predicted octanol–water partition coefficient (Wildman–Crippen LogP) is 4.11. The van der Waals surface area contributed by atoms with Gasteiger partial charge in [0, 0.05) is 31.4 Å². The SMILES string of the molecule is CCCOC.CN1CCC(N)C1Cc1cccc(-c2ccccc2)c1F. The highest BCUT2D eigenvalue weighted by Crippen LogP contribution is 2.27. The molecule has 3 rings (SSSR count). The first-order valence-corrected chi connectivity index (χ1v) is 9.36. The fourth-order valence-corrected chi connectivity index (χ4v) is 3.35. The lowest BCUT2D eigenvalue weighted by molar-refractivity contribution is 0.199. The van der Waals surface area contributed by atoms with Crippen molar-refractivity contribution in [3.8, 4) is 11.1 Å². The maximum Gasteiger partial charge on any atom is 0.134 e. The van der Waals surface area contributed by atoms with Crippen LogP contribution in [0.2, 0.25) is 0 Å². The van der Waals surface area contributed by atoms with Crippen LogP contribution in [0.15, 0.2) is 48.5 Å². The molecule has 0 saturated carbocycles. The number of rotatable bonds is 5. The monoisotopic (exact) mass is 358 g/mol. The molecule has 2 aromatic rings. The van der Waals surface area contributed by atoms with Crippen molar-refractivity contribution >= 4 is 0 Å². The van der Waals surface area contributed by atoms with Crippen molar-refractivity contribution in [3.63, 3.8) is 0 Å². The van der Waals surface area contributed by atoms with Crippen LogP contribution < -0.4 is 5.73 Å². The van der Waals surface area contributed by atoms with Crippen molar-refractivity contribution in [1.29, 1.82) is 0 Å². The summed E-state index contributed by atoms with van der Waals surface area (Å²) >= 11 is 0. The summed E-state index contributed by atoms with van der Waals surface area (Å²) in [4.78, 5) is 2.24. The van der Waals surface area contributed by atoms with Gasteiger partial charge >= 0.3 is 0 Å². The molecule has 2 N–H and O–H groups in total. The first-order chi connectivity index (χ1) is 12.6. The Labute approximate surface area is 157 Å². The van der Waals surface area contributed by atoms with Gasteiger partial charge in [0.05, 0.1) is 0 Å². The molecule has 2 atom stereocenters. The lowest BCUT2D eigenvalue weighted by Crippen LogP contribution is -2.39. The summed E-state index contributed by atoms with van der Waals surface area (Å²) in [6, 6.07) is 15.7. The lowest BCUT2D eigenvalue weighted by atomic mass is 9.96. The van der Waals surface area contributed by atoms with Crippen LogP contribution in [0.5, 0.6) is 0 Å². The van der Waals surface area contributed by atoms with Crippen LogP contribution in [0.4, 0.5) is 4.39 Å². The minimum Gasteiger partial charge on any atom is -0.385 e. The Morgan fingerprint density at radius 2 is 1.88 bits per heavy atom. The average Bonchev–Trinajstić information content (AvgIpc) is 2.97. The zero-order valence-electron chi connectivity index (χ0n) is 16.1. The Balaban J connectivity index is 0.000000431. The third-order valence-corrected chi connectivity index (χ3v) is 4.88. The topological polar surface area (TPSA) is 38.5 Å². The second-order valence-corrected chi connectivity index (χ2v) is 6.84. The van der Waals surface area contributed by atoms with Crippen molar-refractivity contribution in [3.05, 3.63) is 59.9 Å². The van der Waals surface area contributed by atoms with E-state index in [1.54, 1.807) is 7.11 Å². The molecule has 1 saturated heterocycles. The number of ether oxygens (including phenoxy) is 1. The molecule has 4 heteroatoms. The molecule has 2 unspecified atom stereocenters. The highest BCUT2D eigenvalue weighted by molar-refractivity contribution is 5.65. The summed E-state index contributed by atoms with van der Waals surface area (Å²) in [5.74, 6) is -0.115. The van der Waals surface area contributed by atoms with E-state index in [2.05, 4.69) is 18.9 Å². The van der Waals surface area contributed by atoms with Gasteiger partial charge in [-0.05, 0) is 44.0 Å². The molecule has 1 fully saturated rings. The van der Waals surface area contributed by atoms with Crippen LogP contribution in [-0.4, -0.2) is 44.3 Å². The van der Waals surface area contributed by atoms with E-state index < -0.39 is 0 Å². The van der Waals surface area contributed by atoms with Crippen molar-refractivity contribution in [2.45, 2.75) is 38.3 Å². The number of methoxy groups -OCH3 is 1. The van der Waals surface area contributed by atoms with Gasteiger partial charge in [0.15, 0.2) is 0 Å². The molecular weight excluding hydrogens is 327 g/mol. The zero-order chi connectivity index (χ0) is 18.9. The van der Waals surface area contributed by atoms with Gasteiger partial charge < -0.3 is 15.4 Å². The van der Waals surface area contributed by atoms with Crippen molar-refractivity contribution in [1.82, 2.24) is 4.90 Å². The van der Waals surface area contributed by atoms with Gasteiger partial charge in [-0.2, -0.15) is 0 Å². The van der Waals surface area contributed by atoms with Crippen molar-refractivity contribution in [2.24, 2.45) is 5.73 Å². The molecule has 0 amide bonds. The number of hydrogen-bond donors (Lipinski definition) is 1. The molecule has 26 heavy (non-hydrogen) atoms. The number of nitrogens with two attached hydrogens (primary N) is 1. The lowest BCUT2D eigenvalue weighted by Gasteiger charge is -2.23. The molecule has 142 valence electrons. The quantitative estimate of drug-likeness (QED) is 0.874. The highest BCUT2D eigenvalue weighted by Gasteiger charge is 2.29. The van der Waals surface area contributed by atoms with Crippen LogP contribution >= 0.6 is 0 Å². The average molecular weight is 359 g/mol. The molecule has 0 aliphatic carbocycles. The first-order valence-electron chi connectivity index (χ1n) is 9.36. The summed E-state index contributed by atoms with van der Waals surface area (Å²) in [6.07, 6.45) is 2.78. The summed E-state index contributed by atoms with van der Waals surface area (Å²) in [6.45, 7) is 3.97. The van der Waals surface area contributed by atoms with Gasteiger partial charge in [0.2, 0.25) is 0 Å². The van der Waals surface area contributed by atoms with Gasteiger partial charge in [-0.1, -0.05) is 55.5 Å². The van der Waals surface area contributed by atoms with E-state index in [0.29, 0.717) is 12.0 Å². The summed E-state index contributed by atoms with van der Waals surface area (Å²) in [7, 11) is 3.78. The predicted molar refractivity (Wildman–Crippen MR) is 107 cm³/mol. The fourth-order valence-electron chi connectivity index (χ4n) is 3.35. The van der Waals surface area contributed by atoms with E-state index in [-0.39, 0.29) is 17.9 Å². The molecule has 1 aliphatic heterocycles. The molecular formula is C22H31FN2O. The van der Waals surface area contributed by atoms with Gasteiger partial charge in [-0.25, -0.2) is 4.39 Å². The maximum absolute atomic E-state index is 14.8. The molecule has 2 aromatic carbocycles. The van der Waals surface area contributed by atoms with Crippen LogP contribution in [-0.2, 0) is 11.2 Å². The Hall–Kier alpha value is -1.75. The molecule has 0 bridgehead atoms. The number of likely N-dealkylation sites (N-methyl/N-ethyl adjacent to an activating group) is 1. The Morgan fingerprint density at radius 3 is 2.42 bits per heavy atom. The third kappa shape index (κ3) is 5.37. The zero-order valence-corrected chi connectivity index (χ0v) is 16.1. The van der Waals surface area contributed by atoms with Gasteiger partial charge in [0.25, 0.3) is 0 Å². The van der Waals surface area contributed by atoms with Crippen LogP contribution in [0.25, 0.3) is 11.1 Å². The van der Waals surface area contributed by atoms with Crippen molar-refractivity contribution < 1.29 is 9.13 Å². The summed E-state index contributed by atoms with van der Waals surface area (Å²) < 4.78 is 19.5. The molecule has 0 radical (unpaired) electrons. The molecule has 0 aromatic heterocycles.